The fourth-order valence-corrected chi connectivity index (χ4v) is 4.86. The summed E-state index contributed by atoms with van der Waals surface area (Å²) in [4.78, 5) is 0. The first-order valence-electron chi connectivity index (χ1n) is 8.34. The molecule has 3 aliphatic rings. The fourth-order valence-electron chi connectivity index (χ4n) is 4.86. The zero-order valence-electron chi connectivity index (χ0n) is 12.5. The summed E-state index contributed by atoms with van der Waals surface area (Å²) >= 11 is 0. The van der Waals surface area contributed by atoms with Crippen LogP contribution in [0.3, 0.4) is 0 Å². The van der Waals surface area contributed by atoms with Gasteiger partial charge in [0.25, 0.3) is 0 Å². The van der Waals surface area contributed by atoms with Crippen molar-refractivity contribution in [1.82, 2.24) is 0 Å². The average Bonchev–Trinajstić information content (AvgIpc) is 2.91. The molecule has 1 heterocycles. The molecule has 0 saturated heterocycles. The van der Waals surface area contributed by atoms with E-state index in [1.54, 1.807) is 6.07 Å². The fraction of sp³-hybridized carbons (Fsp3) is 0.667. The van der Waals surface area contributed by atoms with Crippen LogP contribution in [0.2, 0.25) is 0 Å². The van der Waals surface area contributed by atoms with E-state index < -0.39 is 0 Å². The third kappa shape index (κ3) is 2.26. The first-order chi connectivity index (χ1) is 10.1. The molecule has 4 rings (SSSR count). The molecule has 2 saturated carbocycles. The Balaban J connectivity index is 1.57. The van der Waals surface area contributed by atoms with Crippen LogP contribution in [0.1, 0.15) is 69.4 Å². The van der Waals surface area contributed by atoms with Gasteiger partial charge in [-0.25, -0.2) is 4.39 Å². The van der Waals surface area contributed by atoms with E-state index in [0.717, 1.165) is 24.8 Å². The van der Waals surface area contributed by atoms with Crippen LogP contribution >= 0.6 is 0 Å². The Bertz CT molecular complexity index is 540. The van der Waals surface area contributed by atoms with Crippen LogP contribution in [0.15, 0.2) is 18.2 Å². The molecule has 21 heavy (non-hydrogen) atoms. The second kappa shape index (κ2) is 4.70. The van der Waals surface area contributed by atoms with Gasteiger partial charge in [0.05, 0.1) is 0 Å². The predicted molar refractivity (Wildman–Crippen MR) is 80.7 cm³/mol. The predicted octanol–water partition coefficient (Wildman–Crippen LogP) is 4.48. The SMILES string of the molecule is N[C@H]1CC2(CCC3(CCCC3)CC2)Oc2cc(F)ccc21. The van der Waals surface area contributed by atoms with Crippen LogP contribution in [0, 0.1) is 11.2 Å². The number of hydrogen-bond acceptors (Lipinski definition) is 2. The summed E-state index contributed by atoms with van der Waals surface area (Å²) in [6.45, 7) is 0. The average molecular weight is 289 g/mol. The molecule has 0 amide bonds. The Morgan fingerprint density at radius 2 is 1.76 bits per heavy atom. The second-order valence-corrected chi connectivity index (χ2v) is 7.48. The van der Waals surface area contributed by atoms with Gasteiger partial charge in [0.1, 0.15) is 17.2 Å². The maximum Gasteiger partial charge on any atom is 0.127 e. The molecule has 3 heteroatoms. The minimum absolute atomic E-state index is 0.0213. The van der Waals surface area contributed by atoms with E-state index in [1.165, 1.54) is 50.7 Å². The molecule has 2 nitrogen and oxygen atoms in total. The monoisotopic (exact) mass is 289 g/mol. The van der Waals surface area contributed by atoms with E-state index in [1.807, 2.05) is 0 Å². The van der Waals surface area contributed by atoms with Gasteiger partial charge in [-0.1, -0.05) is 18.9 Å². The van der Waals surface area contributed by atoms with Gasteiger partial charge >= 0.3 is 0 Å². The molecule has 0 aromatic heterocycles. The zero-order chi connectivity index (χ0) is 14.5. The van der Waals surface area contributed by atoms with Crippen LogP contribution in [-0.2, 0) is 0 Å². The lowest BCUT2D eigenvalue weighted by Gasteiger charge is -2.48. The van der Waals surface area contributed by atoms with Crippen LogP contribution in [-0.4, -0.2) is 5.60 Å². The molecule has 0 radical (unpaired) electrons. The number of nitrogens with two attached hydrogens (primary N) is 1. The third-order valence-electron chi connectivity index (χ3n) is 6.18. The van der Waals surface area contributed by atoms with Crippen molar-refractivity contribution < 1.29 is 9.13 Å². The van der Waals surface area contributed by atoms with E-state index in [4.69, 9.17) is 10.5 Å². The maximum atomic E-state index is 13.5. The minimum atomic E-state index is -0.235. The summed E-state index contributed by atoms with van der Waals surface area (Å²) in [5, 5.41) is 0. The van der Waals surface area contributed by atoms with Crippen molar-refractivity contribution in [3.63, 3.8) is 0 Å². The van der Waals surface area contributed by atoms with Crippen molar-refractivity contribution in [2.24, 2.45) is 11.1 Å². The number of hydrogen-bond donors (Lipinski definition) is 1. The number of halogens is 1. The second-order valence-electron chi connectivity index (χ2n) is 7.48. The lowest BCUT2D eigenvalue weighted by atomic mass is 9.65. The summed E-state index contributed by atoms with van der Waals surface area (Å²) in [6.07, 6.45) is 11.1. The van der Waals surface area contributed by atoms with Gasteiger partial charge in [0.15, 0.2) is 0 Å². The summed E-state index contributed by atoms with van der Waals surface area (Å²) in [6, 6.07) is 4.75. The van der Waals surface area contributed by atoms with Crippen molar-refractivity contribution in [3.8, 4) is 5.75 Å². The Hall–Kier alpha value is -1.09. The molecule has 1 aromatic carbocycles. The van der Waals surface area contributed by atoms with Crippen molar-refractivity contribution in [3.05, 3.63) is 29.6 Å². The van der Waals surface area contributed by atoms with Crippen molar-refractivity contribution in [2.45, 2.75) is 69.4 Å². The normalized spacial score (nSPS) is 29.3. The van der Waals surface area contributed by atoms with Gasteiger partial charge in [0.2, 0.25) is 0 Å². The highest BCUT2D eigenvalue weighted by Gasteiger charge is 2.47. The molecule has 0 unspecified atom stereocenters. The number of rotatable bonds is 0. The highest BCUT2D eigenvalue weighted by molar-refractivity contribution is 5.39. The maximum absolute atomic E-state index is 13.5. The van der Waals surface area contributed by atoms with Crippen molar-refractivity contribution >= 4 is 0 Å². The molecule has 2 fully saturated rings. The minimum Gasteiger partial charge on any atom is -0.487 e. The van der Waals surface area contributed by atoms with Gasteiger partial charge in [-0.2, -0.15) is 0 Å². The van der Waals surface area contributed by atoms with E-state index in [9.17, 15) is 4.39 Å². The molecule has 2 spiro atoms. The summed E-state index contributed by atoms with van der Waals surface area (Å²) in [7, 11) is 0. The quantitative estimate of drug-likeness (QED) is 0.764. The number of ether oxygens (including phenoxy) is 1. The number of fused-ring (bicyclic) bond motifs is 1. The lowest BCUT2D eigenvalue weighted by molar-refractivity contribution is -0.0329. The highest BCUT2D eigenvalue weighted by Crippen LogP contribution is 2.55. The van der Waals surface area contributed by atoms with Gasteiger partial charge < -0.3 is 10.5 Å². The molecule has 0 bridgehead atoms. The Morgan fingerprint density at radius 1 is 1.05 bits per heavy atom. The first-order valence-corrected chi connectivity index (χ1v) is 8.34. The summed E-state index contributed by atoms with van der Waals surface area (Å²) < 4.78 is 19.8. The Kier molecular flexibility index (Phi) is 3.04. The molecule has 2 aliphatic carbocycles. The zero-order valence-corrected chi connectivity index (χ0v) is 12.5. The van der Waals surface area contributed by atoms with E-state index in [2.05, 4.69) is 0 Å². The van der Waals surface area contributed by atoms with Crippen molar-refractivity contribution in [1.29, 1.82) is 0 Å². The smallest absolute Gasteiger partial charge is 0.127 e. The summed E-state index contributed by atoms with van der Waals surface area (Å²) in [5.41, 5.74) is 7.75. The highest BCUT2D eigenvalue weighted by atomic mass is 19.1. The van der Waals surface area contributed by atoms with Crippen LogP contribution in [0.4, 0.5) is 4.39 Å². The van der Waals surface area contributed by atoms with Crippen LogP contribution in [0.5, 0.6) is 5.75 Å². The molecule has 114 valence electrons. The molecule has 1 aliphatic heterocycles. The Morgan fingerprint density at radius 3 is 2.48 bits per heavy atom. The molecule has 1 aromatic rings. The number of benzene rings is 1. The molecular weight excluding hydrogens is 265 g/mol. The first kappa shape index (κ1) is 13.6. The lowest BCUT2D eigenvalue weighted by Crippen LogP contribution is -2.47. The van der Waals surface area contributed by atoms with Crippen LogP contribution in [0.25, 0.3) is 0 Å². The van der Waals surface area contributed by atoms with Gasteiger partial charge in [0, 0.05) is 24.1 Å². The van der Waals surface area contributed by atoms with Crippen LogP contribution < -0.4 is 10.5 Å². The van der Waals surface area contributed by atoms with E-state index in [-0.39, 0.29) is 17.5 Å². The third-order valence-corrected chi connectivity index (χ3v) is 6.18. The Labute approximate surface area is 125 Å². The summed E-state index contributed by atoms with van der Waals surface area (Å²) in [5.74, 6) is 0.442. The van der Waals surface area contributed by atoms with Crippen molar-refractivity contribution in [2.75, 3.05) is 0 Å². The largest absolute Gasteiger partial charge is 0.487 e. The van der Waals surface area contributed by atoms with Gasteiger partial charge in [-0.15, -0.1) is 0 Å². The van der Waals surface area contributed by atoms with E-state index >= 15 is 0 Å². The standard InChI is InChI=1S/C18H24FNO/c19-13-3-4-14-15(20)12-18(21-16(14)11-13)9-7-17(8-10-18)5-1-2-6-17/h3-4,11,15H,1-2,5-10,12,20H2/t15-/m0/s1. The van der Waals surface area contributed by atoms with Gasteiger partial charge in [-0.05, 0) is 50.0 Å². The van der Waals surface area contributed by atoms with E-state index in [0.29, 0.717) is 11.2 Å². The molecule has 2 N–H and O–H groups in total. The van der Waals surface area contributed by atoms with Gasteiger partial charge in [-0.3, -0.25) is 0 Å². The molecular formula is C18H24FNO. The topological polar surface area (TPSA) is 35.2 Å². The molecule has 1 atom stereocenters.